The Labute approximate surface area is 139 Å². The quantitative estimate of drug-likeness (QED) is 0.479. The van der Waals surface area contributed by atoms with E-state index in [0.29, 0.717) is 0 Å². The van der Waals surface area contributed by atoms with Gasteiger partial charge < -0.3 is 0 Å². The molecule has 0 aliphatic heterocycles. The second-order valence-electron chi connectivity index (χ2n) is 4.77. The molecular weight excluding hydrogens is 398 g/mol. The first-order valence-corrected chi connectivity index (χ1v) is 8.90. The van der Waals surface area contributed by atoms with Crippen molar-refractivity contribution in [2.24, 2.45) is 0 Å². The SMILES string of the molecule is Cc1ccc(Br)c(C(Br)Cc2nc3ccccc3s2)c1. The summed E-state index contributed by atoms with van der Waals surface area (Å²) >= 11 is 9.21. The summed E-state index contributed by atoms with van der Waals surface area (Å²) in [6.45, 7) is 2.12. The van der Waals surface area contributed by atoms with Gasteiger partial charge in [0.25, 0.3) is 0 Å². The summed E-state index contributed by atoms with van der Waals surface area (Å²) in [6, 6.07) is 14.7. The fourth-order valence-corrected chi connectivity index (χ4v) is 4.92. The summed E-state index contributed by atoms with van der Waals surface area (Å²) in [6.07, 6.45) is 0.904. The first kappa shape index (κ1) is 14.2. The number of thiazole rings is 1. The Balaban J connectivity index is 1.88. The van der Waals surface area contributed by atoms with Crippen molar-refractivity contribution < 1.29 is 0 Å². The highest BCUT2D eigenvalue weighted by Crippen LogP contribution is 2.35. The molecule has 20 heavy (non-hydrogen) atoms. The minimum Gasteiger partial charge on any atom is -0.241 e. The minimum atomic E-state index is 0.275. The van der Waals surface area contributed by atoms with E-state index in [4.69, 9.17) is 4.98 Å². The molecule has 3 aromatic rings. The normalized spacial score (nSPS) is 12.8. The molecule has 4 heteroatoms. The fourth-order valence-electron chi connectivity index (χ4n) is 2.17. The zero-order chi connectivity index (χ0) is 14.1. The van der Waals surface area contributed by atoms with Gasteiger partial charge in [-0.05, 0) is 30.7 Å². The van der Waals surface area contributed by atoms with Crippen molar-refractivity contribution in [3.05, 3.63) is 63.1 Å². The minimum absolute atomic E-state index is 0.275. The van der Waals surface area contributed by atoms with E-state index in [0.717, 1.165) is 16.4 Å². The van der Waals surface area contributed by atoms with Gasteiger partial charge in [0.05, 0.1) is 15.2 Å². The zero-order valence-electron chi connectivity index (χ0n) is 10.9. The Hall–Kier alpha value is -0.710. The predicted octanol–water partition coefficient (Wildman–Crippen LogP) is 6.05. The molecule has 0 saturated carbocycles. The number of alkyl halides is 1. The van der Waals surface area contributed by atoms with E-state index in [1.54, 1.807) is 11.3 Å². The Morgan fingerprint density at radius 2 is 2.00 bits per heavy atom. The number of hydrogen-bond acceptors (Lipinski definition) is 2. The number of aromatic nitrogens is 1. The number of nitrogens with zero attached hydrogens (tertiary/aromatic N) is 1. The average molecular weight is 411 g/mol. The maximum Gasteiger partial charge on any atom is 0.0953 e. The molecule has 102 valence electrons. The van der Waals surface area contributed by atoms with Gasteiger partial charge in [-0.2, -0.15) is 0 Å². The van der Waals surface area contributed by atoms with Gasteiger partial charge in [0.15, 0.2) is 0 Å². The van der Waals surface area contributed by atoms with Crippen LogP contribution in [0.15, 0.2) is 46.9 Å². The molecule has 0 aliphatic rings. The maximum atomic E-state index is 4.70. The summed E-state index contributed by atoms with van der Waals surface area (Å²) in [4.78, 5) is 4.98. The number of fused-ring (bicyclic) bond motifs is 1. The molecule has 0 spiro atoms. The molecule has 0 bridgehead atoms. The monoisotopic (exact) mass is 409 g/mol. The third-order valence-electron chi connectivity index (χ3n) is 3.18. The van der Waals surface area contributed by atoms with Crippen LogP contribution in [-0.4, -0.2) is 4.98 Å². The number of halogens is 2. The van der Waals surface area contributed by atoms with Crippen molar-refractivity contribution in [3.8, 4) is 0 Å². The molecule has 3 rings (SSSR count). The van der Waals surface area contributed by atoms with Crippen molar-refractivity contribution in [1.82, 2.24) is 4.98 Å². The van der Waals surface area contributed by atoms with Gasteiger partial charge in [0.1, 0.15) is 0 Å². The summed E-state index contributed by atoms with van der Waals surface area (Å²) in [5, 5.41) is 1.17. The first-order valence-electron chi connectivity index (χ1n) is 6.38. The van der Waals surface area contributed by atoms with Gasteiger partial charge >= 0.3 is 0 Å². The van der Waals surface area contributed by atoms with Gasteiger partial charge in [-0.1, -0.05) is 61.7 Å². The van der Waals surface area contributed by atoms with Crippen LogP contribution < -0.4 is 0 Å². The van der Waals surface area contributed by atoms with Crippen LogP contribution in [0, 0.1) is 6.92 Å². The summed E-state index contributed by atoms with van der Waals surface area (Å²) < 4.78 is 2.40. The number of aryl methyl sites for hydroxylation is 1. The standard InChI is InChI=1S/C16H13Br2NS/c1-10-6-7-12(17)11(8-10)13(18)9-16-19-14-4-2-3-5-15(14)20-16/h2-8,13H,9H2,1H3. The second kappa shape index (κ2) is 5.96. The molecule has 1 unspecified atom stereocenters. The number of benzene rings is 2. The molecule has 1 aromatic heterocycles. The van der Waals surface area contributed by atoms with Crippen LogP contribution >= 0.6 is 43.2 Å². The highest BCUT2D eigenvalue weighted by molar-refractivity contribution is 9.11. The lowest BCUT2D eigenvalue weighted by Gasteiger charge is -2.11. The van der Waals surface area contributed by atoms with E-state index >= 15 is 0 Å². The van der Waals surface area contributed by atoms with Crippen LogP contribution in [0.5, 0.6) is 0 Å². The van der Waals surface area contributed by atoms with Crippen LogP contribution in [0.4, 0.5) is 0 Å². The lowest BCUT2D eigenvalue weighted by atomic mass is 10.1. The molecule has 0 radical (unpaired) electrons. The molecule has 0 saturated heterocycles. The summed E-state index contributed by atoms with van der Waals surface area (Å²) in [7, 11) is 0. The van der Waals surface area contributed by atoms with Gasteiger partial charge in [-0.15, -0.1) is 11.3 Å². The van der Waals surface area contributed by atoms with Crippen molar-refractivity contribution >= 4 is 53.4 Å². The lowest BCUT2D eigenvalue weighted by molar-refractivity contribution is 0.931. The van der Waals surface area contributed by atoms with Crippen LogP contribution in [0.2, 0.25) is 0 Å². The summed E-state index contributed by atoms with van der Waals surface area (Å²) in [5.41, 5.74) is 3.65. The highest BCUT2D eigenvalue weighted by Gasteiger charge is 2.14. The Morgan fingerprint density at radius 3 is 2.80 bits per heavy atom. The maximum absolute atomic E-state index is 4.70. The highest BCUT2D eigenvalue weighted by atomic mass is 79.9. The van der Waals surface area contributed by atoms with Gasteiger partial charge in [-0.3, -0.25) is 0 Å². The molecular formula is C16H13Br2NS. The van der Waals surface area contributed by atoms with E-state index in [2.05, 4.69) is 75.2 Å². The lowest BCUT2D eigenvalue weighted by Crippen LogP contribution is -1.96. The van der Waals surface area contributed by atoms with Crippen molar-refractivity contribution in [2.75, 3.05) is 0 Å². The largest absolute Gasteiger partial charge is 0.241 e. The van der Waals surface area contributed by atoms with E-state index in [9.17, 15) is 0 Å². The van der Waals surface area contributed by atoms with Crippen LogP contribution in [0.25, 0.3) is 10.2 Å². The van der Waals surface area contributed by atoms with Gasteiger partial charge in [0.2, 0.25) is 0 Å². The molecule has 2 aromatic carbocycles. The van der Waals surface area contributed by atoms with Gasteiger partial charge in [0, 0.05) is 15.7 Å². The van der Waals surface area contributed by atoms with E-state index < -0.39 is 0 Å². The fraction of sp³-hybridized carbons (Fsp3) is 0.188. The van der Waals surface area contributed by atoms with E-state index in [1.165, 1.54) is 20.8 Å². The van der Waals surface area contributed by atoms with Crippen LogP contribution in [0.1, 0.15) is 21.0 Å². The molecule has 1 heterocycles. The topological polar surface area (TPSA) is 12.9 Å². The van der Waals surface area contributed by atoms with Gasteiger partial charge in [-0.25, -0.2) is 4.98 Å². The van der Waals surface area contributed by atoms with E-state index in [-0.39, 0.29) is 4.83 Å². The van der Waals surface area contributed by atoms with E-state index in [1.807, 2.05) is 6.07 Å². The van der Waals surface area contributed by atoms with Crippen LogP contribution in [0.3, 0.4) is 0 Å². The third kappa shape index (κ3) is 2.97. The first-order chi connectivity index (χ1) is 9.63. The molecule has 1 nitrogen and oxygen atoms in total. The molecule has 0 amide bonds. The number of para-hydroxylation sites is 1. The Kier molecular flexibility index (Phi) is 4.24. The number of hydrogen-bond donors (Lipinski definition) is 0. The Morgan fingerprint density at radius 1 is 1.20 bits per heavy atom. The van der Waals surface area contributed by atoms with Crippen molar-refractivity contribution in [2.45, 2.75) is 18.2 Å². The molecule has 0 aliphatic carbocycles. The smallest absolute Gasteiger partial charge is 0.0953 e. The average Bonchev–Trinajstić information content (AvgIpc) is 2.83. The molecule has 0 N–H and O–H groups in total. The third-order valence-corrected chi connectivity index (χ3v) is 5.78. The Bertz CT molecular complexity index is 718. The summed E-state index contributed by atoms with van der Waals surface area (Å²) in [5.74, 6) is 0. The van der Waals surface area contributed by atoms with Crippen molar-refractivity contribution in [1.29, 1.82) is 0 Å². The van der Waals surface area contributed by atoms with Crippen molar-refractivity contribution in [3.63, 3.8) is 0 Å². The number of rotatable bonds is 3. The second-order valence-corrected chi connectivity index (χ2v) is 7.85. The predicted molar refractivity (Wildman–Crippen MR) is 93.9 cm³/mol. The van der Waals surface area contributed by atoms with Crippen LogP contribution in [-0.2, 0) is 6.42 Å². The zero-order valence-corrected chi connectivity index (χ0v) is 14.9. The molecule has 1 atom stereocenters. The molecule has 0 fully saturated rings.